The molecule has 48 heavy (non-hydrogen) atoms. The summed E-state index contributed by atoms with van der Waals surface area (Å²) in [6.07, 6.45) is -0.339. The first-order valence-corrected chi connectivity index (χ1v) is 14.7. The van der Waals surface area contributed by atoms with Crippen molar-refractivity contribution in [1.29, 1.82) is 0 Å². The van der Waals surface area contributed by atoms with Gasteiger partial charge in [-0.25, -0.2) is 9.79 Å². The normalized spacial score (nSPS) is 27.6. The van der Waals surface area contributed by atoms with E-state index in [2.05, 4.69) is 42.2 Å². The first-order chi connectivity index (χ1) is 22.7. The smallest absolute Gasteiger partial charge is 0.316 e. The van der Waals surface area contributed by atoms with Crippen LogP contribution in [0.4, 0.5) is 4.79 Å². The molecule has 2 aliphatic heterocycles. The van der Waals surface area contributed by atoms with Crippen LogP contribution in [0.3, 0.4) is 0 Å². The summed E-state index contributed by atoms with van der Waals surface area (Å²) in [6.45, 7) is -2.36. The molecular formula is C25H43N13O10. The summed E-state index contributed by atoms with van der Waals surface area (Å²) in [5, 5.41) is 47.9. The van der Waals surface area contributed by atoms with Gasteiger partial charge in [-0.1, -0.05) is 0 Å². The lowest BCUT2D eigenvalue weighted by molar-refractivity contribution is -0.135. The summed E-state index contributed by atoms with van der Waals surface area (Å²) in [6, 6.07) is -9.66. The van der Waals surface area contributed by atoms with E-state index >= 15 is 0 Å². The second-order valence-electron chi connectivity index (χ2n) is 10.7. The maximum atomic E-state index is 13.6. The van der Waals surface area contributed by atoms with Gasteiger partial charge in [-0.05, 0) is 19.4 Å². The van der Waals surface area contributed by atoms with Gasteiger partial charge in [-0.15, -0.1) is 0 Å². The highest BCUT2D eigenvalue weighted by Crippen LogP contribution is 2.11. The van der Waals surface area contributed by atoms with Crippen molar-refractivity contribution >= 4 is 47.4 Å². The molecule has 2 rings (SSSR count). The highest BCUT2D eigenvalue weighted by molar-refractivity contribution is 6.02. The molecule has 2 heterocycles. The number of aliphatic hydroxyl groups excluding tert-OH is 3. The van der Waals surface area contributed by atoms with Crippen LogP contribution in [0, 0.1) is 0 Å². The van der Waals surface area contributed by atoms with Gasteiger partial charge in [0.25, 0.3) is 5.91 Å². The molecule has 6 unspecified atom stereocenters. The summed E-state index contributed by atoms with van der Waals surface area (Å²) in [5.41, 5.74) is 21.5. The Bertz CT molecular complexity index is 1280. The lowest BCUT2D eigenvalue weighted by Gasteiger charge is -2.33. The number of hydrogen-bond acceptors (Lipinski definition) is 15. The zero-order valence-corrected chi connectivity index (χ0v) is 25.7. The molecule has 1 fully saturated rings. The Labute approximate surface area is 273 Å². The van der Waals surface area contributed by atoms with Crippen LogP contribution in [0.15, 0.2) is 16.9 Å². The zero-order valence-electron chi connectivity index (χ0n) is 25.7. The Morgan fingerprint density at radius 1 is 0.979 bits per heavy atom. The van der Waals surface area contributed by atoms with Gasteiger partial charge in [-0.3, -0.25) is 28.8 Å². The van der Waals surface area contributed by atoms with Gasteiger partial charge >= 0.3 is 6.03 Å². The molecule has 0 spiro atoms. The third kappa shape index (κ3) is 12.3. The maximum absolute atomic E-state index is 13.6. The molecule has 0 aromatic carbocycles. The number of carbonyl (C=O) groups is 7. The molecule has 23 nitrogen and oxygen atoms in total. The Kier molecular flexibility index (Phi) is 15.4. The third-order valence-electron chi connectivity index (χ3n) is 6.91. The van der Waals surface area contributed by atoms with Crippen molar-refractivity contribution < 1.29 is 48.9 Å². The molecule has 0 aliphatic carbocycles. The van der Waals surface area contributed by atoms with Crippen molar-refractivity contribution in [3.63, 3.8) is 0 Å². The number of hydrogen-bond donors (Lipinski definition) is 15. The van der Waals surface area contributed by atoms with E-state index in [1.54, 1.807) is 0 Å². The fraction of sp³-hybridized carbons (Fsp3) is 0.600. The molecule has 23 heteroatoms. The molecule has 0 bridgehead atoms. The van der Waals surface area contributed by atoms with E-state index < -0.39 is 109 Å². The van der Waals surface area contributed by atoms with Crippen LogP contribution in [-0.4, -0.2) is 132 Å². The first-order valence-electron chi connectivity index (χ1n) is 14.7. The van der Waals surface area contributed by atoms with E-state index in [1.165, 1.54) is 0 Å². The van der Waals surface area contributed by atoms with Crippen molar-refractivity contribution in [3.8, 4) is 0 Å². The topological polar surface area (TPSA) is 393 Å². The van der Waals surface area contributed by atoms with Crippen LogP contribution in [0.5, 0.6) is 0 Å². The molecule has 268 valence electrons. The van der Waals surface area contributed by atoms with Crippen LogP contribution >= 0.6 is 0 Å². The highest BCUT2D eigenvalue weighted by atomic mass is 16.3. The van der Waals surface area contributed by atoms with Crippen LogP contribution < -0.4 is 65.5 Å². The van der Waals surface area contributed by atoms with Crippen molar-refractivity contribution in [1.82, 2.24) is 42.5 Å². The lowest BCUT2D eigenvalue weighted by atomic mass is 10.0. The van der Waals surface area contributed by atoms with Crippen LogP contribution in [0.25, 0.3) is 0 Å². The van der Waals surface area contributed by atoms with E-state index in [0.29, 0.717) is 25.6 Å². The second-order valence-corrected chi connectivity index (χ2v) is 10.7. The van der Waals surface area contributed by atoms with E-state index in [0.717, 1.165) is 0 Å². The Morgan fingerprint density at radius 3 is 2.23 bits per heavy atom. The lowest BCUT2D eigenvalue weighted by Crippen LogP contribution is -2.64. The molecule has 7 atom stereocenters. The SMILES string of the molecule is NCCCC(N)CC(=O)NC1CNC(=O)C(C2C[C@H](O)N=C(N)N2)NC(=O)/C(=C\NC(N)=O)NC(=O)C(CO)NC(=O)C(CO)NC1=O. The van der Waals surface area contributed by atoms with Gasteiger partial charge in [0.15, 0.2) is 12.2 Å². The molecular weight excluding hydrogens is 642 g/mol. The number of carbonyl (C=O) groups excluding carboxylic acids is 7. The predicted octanol–water partition coefficient (Wildman–Crippen LogP) is -8.88. The fourth-order valence-electron chi connectivity index (χ4n) is 4.46. The number of aliphatic hydroxyl groups is 3. The average molecular weight is 686 g/mol. The van der Waals surface area contributed by atoms with Crippen molar-refractivity contribution in [2.75, 3.05) is 26.3 Å². The summed E-state index contributed by atoms with van der Waals surface area (Å²) in [5.74, 6) is -6.65. The number of nitrogens with two attached hydrogens (primary N) is 4. The van der Waals surface area contributed by atoms with Crippen molar-refractivity contribution in [3.05, 3.63) is 11.9 Å². The predicted molar refractivity (Wildman–Crippen MR) is 164 cm³/mol. The molecule has 19 N–H and O–H groups in total. The van der Waals surface area contributed by atoms with E-state index in [9.17, 15) is 48.9 Å². The largest absolute Gasteiger partial charge is 0.394 e. The van der Waals surface area contributed by atoms with Crippen LogP contribution in [-0.2, 0) is 28.8 Å². The van der Waals surface area contributed by atoms with E-state index in [4.69, 9.17) is 22.9 Å². The van der Waals surface area contributed by atoms with Crippen molar-refractivity contribution in [2.24, 2.45) is 27.9 Å². The van der Waals surface area contributed by atoms with Gasteiger partial charge < -0.3 is 80.8 Å². The van der Waals surface area contributed by atoms with E-state index in [1.807, 2.05) is 5.32 Å². The third-order valence-corrected chi connectivity index (χ3v) is 6.91. The number of amides is 8. The minimum Gasteiger partial charge on any atom is -0.394 e. The van der Waals surface area contributed by atoms with Gasteiger partial charge in [0.1, 0.15) is 29.9 Å². The number of nitrogens with one attached hydrogen (secondary N) is 8. The summed E-state index contributed by atoms with van der Waals surface area (Å²) in [4.78, 5) is 94.0. The fourth-order valence-corrected chi connectivity index (χ4v) is 4.46. The van der Waals surface area contributed by atoms with Gasteiger partial charge in [-0.2, -0.15) is 0 Å². The molecule has 0 aromatic heterocycles. The first kappa shape index (κ1) is 39.1. The maximum Gasteiger partial charge on any atom is 0.316 e. The standard InChI is InChI=1S/C25H43N13O10/c26-3-1-2-10(27)4-16(41)32-12-6-30-23(47)18(11-5-17(42)37-24(28)36-11)38-20(44)13(7-31-25(29)48)33-21(45)14(8-39)35-22(46)15(9-40)34-19(12)43/h7,10-12,14-15,17-18,39-40,42H,1-6,8-9,26-27H2,(H,30,47)(H,32,41)(H,33,45)(H,34,43)(H,35,46)(H,38,44)(H3,28,36,37)(H3,29,31,48)/b13-7+/t10?,11?,12?,14?,15?,17-,18?/m0/s1. The van der Waals surface area contributed by atoms with Gasteiger partial charge in [0.05, 0.1) is 19.3 Å². The van der Waals surface area contributed by atoms with Crippen LogP contribution in [0.1, 0.15) is 25.7 Å². The number of urea groups is 1. The molecule has 0 radical (unpaired) electrons. The number of aliphatic imine (C=N–C) groups is 1. The molecule has 1 saturated heterocycles. The quantitative estimate of drug-likeness (QED) is 0.0950. The highest BCUT2D eigenvalue weighted by Gasteiger charge is 2.37. The van der Waals surface area contributed by atoms with Crippen LogP contribution in [0.2, 0.25) is 0 Å². The summed E-state index contributed by atoms with van der Waals surface area (Å²) < 4.78 is 0. The van der Waals surface area contributed by atoms with E-state index in [-0.39, 0.29) is 18.8 Å². The molecule has 0 aromatic rings. The summed E-state index contributed by atoms with van der Waals surface area (Å²) >= 11 is 0. The number of guanidine groups is 1. The Balaban J connectivity index is 2.54. The van der Waals surface area contributed by atoms with Gasteiger partial charge in [0.2, 0.25) is 29.5 Å². The number of primary amides is 1. The summed E-state index contributed by atoms with van der Waals surface area (Å²) in [7, 11) is 0. The monoisotopic (exact) mass is 685 g/mol. The second kappa shape index (κ2) is 18.9. The van der Waals surface area contributed by atoms with Crippen molar-refractivity contribution in [2.45, 2.75) is 68.2 Å². The minimum absolute atomic E-state index is 0.245. The number of nitrogens with zero attached hydrogens (tertiary/aromatic N) is 1. The Morgan fingerprint density at radius 2 is 1.62 bits per heavy atom. The van der Waals surface area contributed by atoms with Gasteiger partial charge in [0, 0.05) is 31.6 Å². The minimum atomic E-state index is -1.78. The Hall–Kier alpha value is -5.10. The average Bonchev–Trinajstić information content (AvgIpc) is 3.02. The molecule has 2 aliphatic rings. The molecule has 8 amide bonds. The molecule has 0 saturated carbocycles. The zero-order chi connectivity index (χ0) is 36.0. The number of rotatable bonds is 10.